The number of hydrogen-bond acceptors (Lipinski definition) is 3. The highest BCUT2D eigenvalue weighted by Gasteiger charge is 2.14. The van der Waals surface area contributed by atoms with Gasteiger partial charge in [-0.3, -0.25) is 0 Å². The molecular formula is C14H22N2O. The topological polar surface area (TPSA) is 24.5 Å². The van der Waals surface area contributed by atoms with Crippen LogP contribution < -0.4 is 10.2 Å². The molecule has 1 aromatic rings. The van der Waals surface area contributed by atoms with Crippen molar-refractivity contribution in [2.24, 2.45) is 0 Å². The Balaban J connectivity index is 1.98. The lowest BCUT2D eigenvalue weighted by molar-refractivity contribution is 0.120. The van der Waals surface area contributed by atoms with E-state index in [2.05, 4.69) is 49.4 Å². The van der Waals surface area contributed by atoms with Gasteiger partial charge in [-0.05, 0) is 37.5 Å². The first-order valence-electron chi connectivity index (χ1n) is 6.30. The minimum atomic E-state index is 0.388. The smallest absolute Gasteiger partial charge is 0.0748 e. The molecule has 1 fully saturated rings. The number of nitrogens with zero attached hydrogens (tertiary/aromatic N) is 1. The van der Waals surface area contributed by atoms with Crippen molar-refractivity contribution in [1.29, 1.82) is 0 Å². The Hall–Kier alpha value is -1.22. The van der Waals surface area contributed by atoms with Gasteiger partial charge in [0.25, 0.3) is 0 Å². The first-order chi connectivity index (χ1) is 8.16. The van der Waals surface area contributed by atoms with E-state index < -0.39 is 0 Å². The largest absolute Gasteiger partial charge is 0.382 e. The molecule has 0 amide bonds. The summed E-state index contributed by atoms with van der Waals surface area (Å²) in [7, 11) is 4.15. The van der Waals surface area contributed by atoms with Crippen LogP contribution in [0.3, 0.4) is 0 Å². The summed E-state index contributed by atoms with van der Waals surface area (Å²) in [6.07, 6.45) is 2.77. The molecule has 1 aliphatic rings. The SMILES string of the molecule is Cc1ccc(NCC2CCCO2)cc1N(C)C. The minimum absolute atomic E-state index is 0.388. The van der Waals surface area contributed by atoms with Crippen LogP contribution in [0.2, 0.25) is 0 Å². The van der Waals surface area contributed by atoms with Crippen LogP contribution in [-0.2, 0) is 4.74 Å². The third-order valence-electron chi connectivity index (χ3n) is 3.25. The van der Waals surface area contributed by atoms with E-state index in [9.17, 15) is 0 Å². The van der Waals surface area contributed by atoms with Crippen molar-refractivity contribution in [1.82, 2.24) is 0 Å². The molecule has 94 valence electrons. The Labute approximate surface area is 104 Å². The summed E-state index contributed by atoms with van der Waals surface area (Å²) in [5, 5.41) is 3.46. The molecule has 1 heterocycles. The maximum atomic E-state index is 5.60. The first kappa shape index (κ1) is 12.2. The van der Waals surface area contributed by atoms with Gasteiger partial charge in [-0.1, -0.05) is 6.07 Å². The zero-order valence-corrected chi connectivity index (χ0v) is 11.0. The van der Waals surface area contributed by atoms with Crippen LogP contribution in [0.1, 0.15) is 18.4 Å². The van der Waals surface area contributed by atoms with Gasteiger partial charge in [0.2, 0.25) is 0 Å². The lowest BCUT2D eigenvalue weighted by Gasteiger charge is -2.18. The van der Waals surface area contributed by atoms with E-state index in [-0.39, 0.29) is 0 Å². The molecule has 1 aliphatic heterocycles. The Bertz CT molecular complexity index is 370. The predicted octanol–water partition coefficient (Wildman–Crippen LogP) is 2.65. The van der Waals surface area contributed by atoms with Crippen molar-refractivity contribution in [2.75, 3.05) is 37.5 Å². The number of rotatable bonds is 4. The maximum Gasteiger partial charge on any atom is 0.0748 e. The second kappa shape index (κ2) is 5.41. The number of benzene rings is 1. The minimum Gasteiger partial charge on any atom is -0.382 e. The highest BCUT2D eigenvalue weighted by molar-refractivity contribution is 5.61. The lowest BCUT2D eigenvalue weighted by Crippen LogP contribution is -2.18. The first-order valence-corrected chi connectivity index (χ1v) is 6.30. The van der Waals surface area contributed by atoms with Crippen LogP contribution in [0.4, 0.5) is 11.4 Å². The molecule has 0 aromatic heterocycles. The summed E-state index contributed by atoms with van der Waals surface area (Å²) in [4.78, 5) is 2.15. The van der Waals surface area contributed by atoms with Gasteiger partial charge < -0.3 is 15.0 Å². The average molecular weight is 234 g/mol. The summed E-state index contributed by atoms with van der Waals surface area (Å²) in [6.45, 7) is 3.97. The van der Waals surface area contributed by atoms with Crippen molar-refractivity contribution in [3.8, 4) is 0 Å². The van der Waals surface area contributed by atoms with Gasteiger partial charge in [-0.15, -0.1) is 0 Å². The number of ether oxygens (including phenoxy) is 1. The van der Waals surface area contributed by atoms with E-state index in [1.165, 1.54) is 29.8 Å². The summed E-state index contributed by atoms with van der Waals surface area (Å²) in [6, 6.07) is 6.49. The van der Waals surface area contributed by atoms with Crippen molar-refractivity contribution < 1.29 is 4.74 Å². The summed E-state index contributed by atoms with van der Waals surface area (Å²) < 4.78 is 5.60. The number of anilines is 2. The predicted molar refractivity (Wildman–Crippen MR) is 73.0 cm³/mol. The van der Waals surface area contributed by atoms with Crippen LogP contribution in [-0.4, -0.2) is 33.4 Å². The van der Waals surface area contributed by atoms with Crippen LogP contribution in [0.15, 0.2) is 18.2 Å². The fourth-order valence-electron chi connectivity index (χ4n) is 2.24. The molecule has 1 aromatic carbocycles. The second-order valence-electron chi connectivity index (χ2n) is 4.91. The van der Waals surface area contributed by atoms with E-state index in [1.54, 1.807) is 0 Å². The van der Waals surface area contributed by atoms with Gasteiger partial charge in [0, 0.05) is 38.6 Å². The molecule has 1 N–H and O–H groups in total. The van der Waals surface area contributed by atoms with E-state index >= 15 is 0 Å². The van der Waals surface area contributed by atoms with Gasteiger partial charge in [0.15, 0.2) is 0 Å². The van der Waals surface area contributed by atoms with Crippen LogP contribution >= 0.6 is 0 Å². The molecule has 17 heavy (non-hydrogen) atoms. The fraction of sp³-hybridized carbons (Fsp3) is 0.571. The molecule has 0 bridgehead atoms. The highest BCUT2D eigenvalue weighted by atomic mass is 16.5. The molecular weight excluding hydrogens is 212 g/mol. The molecule has 0 radical (unpaired) electrons. The van der Waals surface area contributed by atoms with Crippen molar-refractivity contribution in [3.63, 3.8) is 0 Å². The molecule has 1 saturated heterocycles. The molecule has 0 saturated carbocycles. The number of nitrogens with one attached hydrogen (secondary N) is 1. The van der Waals surface area contributed by atoms with E-state index in [0.717, 1.165) is 13.2 Å². The normalized spacial score (nSPS) is 19.4. The molecule has 2 rings (SSSR count). The van der Waals surface area contributed by atoms with E-state index in [4.69, 9.17) is 4.74 Å². The van der Waals surface area contributed by atoms with Crippen molar-refractivity contribution in [3.05, 3.63) is 23.8 Å². The average Bonchev–Trinajstić information content (AvgIpc) is 2.80. The monoisotopic (exact) mass is 234 g/mol. The van der Waals surface area contributed by atoms with Gasteiger partial charge in [0.1, 0.15) is 0 Å². The molecule has 1 atom stereocenters. The van der Waals surface area contributed by atoms with Gasteiger partial charge in [-0.2, -0.15) is 0 Å². The zero-order chi connectivity index (χ0) is 12.3. The maximum absolute atomic E-state index is 5.60. The molecule has 3 heteroatoms. The van der Waals surface area contributed by atoms with E-state index in [0.29, 0.717) is 6.10 Å². The van der Waals surface area contributed by atoms with Crippen molar-refractivity contribution in [2.45, 2.75) is 25.9 Å². The van der Waals surface area contributed by atoms with Gasteiger partial charge in [-0.25, -0.2) is 0 Å². The van der Waals surface area contributed by atoms with Crippen LogP contribution in [0, 0.1) is 6.92 Å². The van der Waals surface area contributed by atoms with Gasteiger partial charge in [0.05, 0.1) is 6.10 Å². The highest BCUT2D eigenvalue weighted by Crippen LogP contribution is 2.23. The quantitative estimate of drug-likeness (QED) is 0.866. The fourth-order valence-corrected chi connectivity index (χ4v) is 2.24. The Kier molecular flexibility index (Phi) is 3.89. The number of hydrogen-bond donors (Lipinski definition) is 1. The Morgan fingerprint density at radius 1 is 1.41 bits per heavy atom. The number of aryl methyl sites for hydroxylation is 1. The molecule has 1 unspecified atom stereocenters. The molecule has 0 aliphatic carbocycles. The second-order valence-corrected chi connectivity index (χ2v) is 4.91. The summed E-state index contributed by atoms with van der Waals surface area (Å²) in [5.41, 5.74) is 3.75. The summed E-state index contributed by atoms with van der Waals surface area (Å²) >= 11 is 0. The van der Waals surface area contributed by atoms with Crippen molar-refractivity contribution >= 4 is 11.4 Å². The Morgan fingerprint density at radius 3 is 2.88 bits per heavy atom. The van der Waals surface area contributed by atoms with Crippen LogP contribution in [0.25, 0.3) is 0 Å². The summed E-state index contributed by atoms with van der Waals surface area (Å²) in [5.74, 6) is 0. The molecule has 0 spiro atoms. The standard InChI is InChI=1S/C14H22N2O/c1-11-6-7-12(9-14(11)16(2)3)15-10-13-5-4-8-17-13/h6-7,9,13,15H,4-5,8,10H2,1-3H3. The Morgan fingerprint density at radius 2 is 2.24 bits per heavy atom. The van der Waals surface area contributed by atoms with Gasteiger partial charge >= 0.3 is 0 Å². The van der Waals surface area contributed by atoms with Crippen LogP contribution in [0.5, 0.6) is 0 Å². The molecule has 3 nitrogen and oxygen atoms in total. The third-order valence-corrected chi connectivity index (χ3v) is 3.25. The zero-order valence-electron chi connectivity index (χ0n) is 11.0. The third kappa shape index (κ3) is 3.13. The van der Waals surface area contributed by atoms with E-state index in [1.807, 2.05) is 0 Å². The lowest BCUT2D eigenvalue weighted by atomic mass is 10.1.